The fourth-order valence-electron chi connectivity index (χ4n) is 2.90. The lowest BCUT2D eigenvalue weighted by Crippen LogP contribution is -2.50. The molecular formula is C20H28BNO4S. The Bertz CT molecular complexity index is 809. The molecule has 27 heavy (non-hydrogen) atoms. The van der Waals surface area contributed by atoms with Crippen LogP contribution in [0.5, 0.6) is 0 Å². The van der Waals surface area contributed by atoms with Crippen molar-refractivity contribution in [2.24, 2.45) is 0 Å². The summed E-state index contributed by atoms with van der Waals surface area (Å²) in [7, 11) is -4.58. The zero-order chi connectivity index (χ0) is 20.5. The van der Waals surface area contributed by atoms with Crippen molar-refractivity contribution in [2.75, 3.05) is 6.54 Å². The van der Waals surface area contributed by atoms with E-state index in [0.29, 0.717) is 6.42 Å². The van der Waals surface area contributed by atoms with E-state index in [2.05, 4.69) is 12.5 Å². The summed E-state index contributed by atoms with van der Waals surface area (Å²) in [6.45, 7) is 13.3. The van der Waals surface area contributed by atoms with Crippen molar-refractivity contribution in [1.82, 2.24) is 4.31 Å². The summed E-state index contributed by atoms with van der Waals surface area (Å²) in [6, 6.07) is 6.70. The molecule has 0 bridgehead atoms. The van der Waals surface area contributed by atoms with Gasteiger partial charge in [-0.05, 0) is 53.2 Å². The third-order valence-corrected chi connectivity index (χ3v) is 7.12. The van der Waals surface area contributed by atoms with Crippen LogP contribution in [0, 0.1) is 19.3 Å². The summed E-state index contributed by atoms with van der Waals surface area (Å²) in [6.07, 6.45) is 7.51. The van der Waals surface area contributed by atoms with Crippen molar-refractivity contribution < 1.29 is 17.7 Å². The minimum atomic E-state index is -3.83. The van der Waals surface area contributed by atoms with Crippen LogP contribution in [0.2, 0.25) is 0 Å². The number of aryl methyl sites for hydroxylation is 1. The van der Waals surface area contributed by atoms with E-state index in [9.17, 15) is 8.42 Å². The van der Waals surface area contributed by atoms with Crippen LogP contribution < -0.4 is 0 Å². The van der Waals surface area contributed by atoms with Gasteiger partial charge in [0.15, 0.2) is 0 Å². The van der Waals surface area contributed by atoms with E-state index in [-0.39, 0.29) is 11.4 Å². The molecule has 1 aliphatic rings. The van der Waals surface area contributed by atoms with Gasteiger partial charge in [-0.3, -0.25) is 0 Å². The highest BCUT2D eigenvalue weighted by atomic mass is 32.2. The first-order valence-corrected chi connectivity index (χ1v) is 10.4. The Morgan fingerprint density at radius 2 is 1.74 bits per heavy atom. The molecule has 1 aromatic carbocycles. The highest BCUT2D eigenvalue weighted by Crippen LogP contribution is 2.39. The maximum Gasteiger partial charge on any atom is 0.477 e. The summed E-state index contributed by atoms with van der Waals surface area (Å²) in [5.74, 6) is 1.84. The zero-order valence-corrected chi connectivity index (χ0v) is 17.5. The van der Waals surface area contributed by atoms with Crippen LogP contribution in [0.3, 0.4) is 0 Å². The van der Waals surface area contributed by atoms with E-state index < -0.39 is 34.3 Å². The van der Waals surface area contributed by atoms with Gasteiger partial charge in [0.25, 0.3) is 0 Å². The summed E-state index contributed by atoms with van der Waals surface area (Å²) in [5.41, 5.74) is -0.176. The Morgan fingerprint density at radius 1 is 1.22 bits per heavy atom. The van der Waals surface area contributed by atoms with Gasteiger partial charge in [0.05, 0.1) is 28.6 Å². The number of hydrogen-bond donors (Lipinski definition) is 0. The van der Waals surface area contributed by atoms with Crippen molar-refractivity contribution in [1.29, 1.82) is 0 Å². The van der Waals surface area contributed by atoms with Gasteiger partial charge >= 0.3 is 7.12 Å². The van der Waals surface area contributed by atoms with Crippen LogP contribution in [-0.2, 0) is 19.3 Å². The lowest BCUT2D eigenvalue weighted by atomic mass is 9.76. The quantitative estimate of drug-likeness (QED) is 0.408. The van der Waals surface area contributed by atoms with Gasteiger partial charge in [-0.2, -0.15) is 4.31 Å². The number of benzene rings is 1. The second-order valence-corrected chi connectivity index (χ2v) is 9.67. The fraction of sp³-hybridized carbons (Fsp3) is 0.500. The molecule has 1 heterocycles. The first-order chi connectivity index (χ1) is 12.5. The molecule has 1 atom stereocenters. The number of hydrogen-bond acceptors (Lipinski definition) is 4. The van der Waals surface area contributed by atoms with Crippen molar-refractivity contribution >= 4 is 17.1 Å². The normalized spacial score (nSPS) is 19.7. The van der Waals surface area contributed by atoms with Gasteiger partial charge in [-0.25, -0.2) is 8.42 Å². The average molecular weight is 389 g/mol. The zero-order valence-electron chi connectivity index (χ0n) is 16.7. The van der Waals surface area contributed by atoms with Gasteiger partial charge in [0, 0.05) is 0 Å². The van der Waals surface area contributed by atoms with Crippen LogP contribution in [0.1, 0.15) is 39.7 Å². The van der Waals surface area contributed by atoms with E-state index in [1.165, 1.54) is 4.31 Å². The number of terminal acetylenes is 1. The average Bonchev–Trinajstić information content (AvgIpc) is 2.79. The van der Waals surface area contributed by atoms with Crippen molar-refractivity contribution in [2.45, 2.75) is 63.1 Å². The first kappa shape index (κ1) is 21.7. The molecule has 2 rings (SSSR count). The predicted octanol–water partition coefficient (Wildman–Crippen LogP) is 3.20. The van der Waals surface area contributed by atoms with Crippen LogP contribution in [0.15, 0.2) is 41.8 Å². The van der Waals surface area contributed by atoms with Gasteiger partial charge < -0.3 is 9.31 Å². The van der Waals surface area contributed by atoms with E-state index >= 15 is 0 Å². The standard InChI is InChI=1S/C20H28BNO4S/c1-8-10-18(21-25-19(4,5)20(6,7)26-21)22(15-9-2)27(23,24)17-13-11-16(3)12-14-17/h2,8,11-14,18H,1,10,15H2,3-7H3. The molecule has 0 radical (unpaired) electrons. The number of nitrogens with zero attached hydrogens (tertiary/aromatic N) is 1. The molecule has 0 N–H and O–H groups in total. The molecule has 1 aliphatic heterocycles. The summed E-state index contributed by atoms with van der Waals surface area (Å²) >= 11 is 0. The maximum absolute atomic E-state index is 13.3. The monoisotopic (exact) mass is 389 g/mol. The topological polar surface area (TPSA) is 55.8 Å². The second-order valence-electron chi connectivity index (χ2n) is 7.78. The number of rotatable bonds is 7. The third kappa shape index (κ3) is 4.30. The third-order valence-electron chi connectivity index (χ3n) is 5.24. The molecule has 0 saturated carbocycles. The minimum Gasteiger partial charge on any atom is -0.402 e. The highest BCUT2D eigenvalue weighted by molar-refractivity contribution is 7.89. The minimum absolute atomic E-state index is 0.0845. The summed E-state index contributed by atoms with van der Waals surface area (Å²) in [4.78, 5) is 0.189. The highest BCUT2D eigenvalue weighted by Gasteiger charge is 2.55. The van der Waals surface area contributed by atoms with Gasteiger partial charge in [-0.15, -0.1) is 13.0 Å². The van der Waals surface area contributed by atoms with Crippen LogP contribution >= 0.6 is 0 Å². The molecule has 0 amide bonds. The molecule has 0 aliphatic carbocycles. The lowest BCUT2D eigenvalue weighted by Gasteiger charge is -2.32. The van der Waals surface area contributed by atoms with E-state index in [4.69, 9.17) is 15.7 Å². The molecule has 7 heteroatoms. The van der Waals surface area contributed by atoms with Crippen LogP contribution in [0.4, 0.5) is 0 Å². The second kappa shape index (κ2) is 7.80. The van der Waals surface area contributed by atoms with E-state index in [1.807, 2.05) is 34.6 Å². The van der Waals surface area contributed by atoms with Crippen molar-refractivity contribution in [3.63, 3.8) is 0 Å². The molecule has 146 valence electrons. The molecule has 1 fully saturated rings. The SMILES string of the molecule is C#CCN(C(CC=C)B1OC(C)(C)C(C)(C)O1)S(=O)(=O)c1ccc(C)cc1. The maximum atomic E-state index is 13.3. The largest absolute Gasteiger partial charge is 0.477 e. The smallest absolute Gasteiger partial charge is 0.402 e. The van der Waals surface area contributed by atoms with Gasteiger partial charge in [0.1, 0.15) is 0 Å². The summed E-state index contributed by atoms with van der Waals surface area (Å²) < 4.78 is 40.1. The molecular weight excluding hydrogens is 361 g/mol. The molecule has 0 aromatic heterocycles. The predicted molar refractivity (Wildman–Crippen MR) is 109 cm³/mol. The number of sulfonamides is 1. The Kier molecular flexibility index (Phi) is 6.28. The van der Waals surface area contributed by atoms with Gasteiger partial charge in [-0.1, -0.05) is 29.7 Å². The van der Waals surface area contributed by atoms with E-state index in [0.717, 1.165) is 5.56 Å². The Balaban J connectivity index is 2.46. The van der Waals surface area contributed by atoms with Crippen LogP contribution in [-0.4, -0.2) is 43.5 Å². The molecule has 0 spiro atoms. The Morgan fingerprint density at radius 3 is 2.19 bits per heavy atom. The van der Waals surface area contributed by atoms with Crippen molar-refractivity contribution in [3.05, 3.63) is 42.5 Å². The Hall–Kier alpha value is -1.59. The van der Waals surface area contributed by atoms with Crippen LogP contribution in [0.25, 0.3) is 0 Å². The molecule has 1 saturated heterocycles. The fourth-order valence-corrected chi connectivity index (χ4v) is 4.43. The molecule has 1 aromatic rings. The molecule has 1 unspecified atom stereocenters. The lowest BCUT2D eigenvalue weighted by molar-refractivity contribution is 0.00578. The Labute approximate surface area is 163 Å². The van der Waals surface area contributed by atoms with Crippen molar-refractivity contribution in [3.8, 4) is 12.3 Å². The van der Waals surface area contributed by atoms with Gasteiger partial charge in [0.2, 0.25) is 10.0 Å². The first-order valence-electron chi connectivity index (χ1n) is 8.95. The molecule has 5 nitrogen and oxygen atoms in total. The summed E-state index contributed by atoms with van der Waals surface area (Å²) in [5, 5.41) is 0. The van der Waals surface area contributed by atoms with E-state index in [1.54, 1.807) is 30.3 Å².